The van der Waals surface area contributed by atoms with Crippen LogP contribution in [-0.2, 0) is 6.54 Å². The minimum absolute atomic E-state index is 0.0827. The lowest BCUT2D eigenvalue weighted by Gasteiger charge is -2.08. The molecule has 0 aliphatic heterocycles. The van der Waals surface area contributed by atoms with E-state index in [4.69, 9.17) is 5.26 Å². The van der Waals surface area contributed by atoms with Crippen molar-refractivity contribution in [3.63, 3.8) is 0 Å². The van der Waals surface area contributed by atoms with Gasteiger partial charge in [-0.1, -0.05) is 12.1 Å². The largest absolute Gasteiger partial charge is 0.305 e. The highest BCUT2D eigenvalue weighted by Gasteiger charge is 2.02. The van der Waals surface area contributed by atoms with Crippen LogP contribution in [0.5, 0.6) is 0 Å². The van der Waals surface area contributed by atoms with Gasteiger partial charge in [-0.3, -0.25) is 4.79 Å². The molecule has 0 unspecified atom stereocenters. The molecule has 1 aromatic carbocycles. The normalized spacial score (nSPS) is 10.3. The van der Waals surface area contributed by atoms with E-state index >= 15 is 0 Å². The van der Waals surface area contributed by atoms with E-state index in [1.807, 2.05) is 24.3 Å². The summed E-state index contributed by atoms with van der Waals surface area (Å²) in [7, 11) is 0. The molecule has 0 amide bonds. The van der Waals surface area contributed by atoms with Crippen molar-refractivity contribution >= 4 is 11.0 Å². The predicted molar refractivity (Wildman–Crippen MR) is 65.5 cm³/mol. The second-order valence-electron chi connectivity index (χ2n) is 3.85. The minimum Gasteiger partial charge on any atom is -0.305 e. The molecule has 4 nitrogen and oxygen atoms in total. The summed E-state index contributed by atoms with van der Waals surface area (Å²) < 4.78 is 1.72. The fourth-order valence-corrected chi connectivity index (χ4v) is 1.82. The summed E-state index contributed by atoms with van der Waals surface area (Å²) >= 11 is 0. The van der Waals surface area contributed by atoms with Gasteiger partial charge in [0.05, 0.1) is 23.3 Å². The second kappa shape index (κ2) is 5.26. The molecule has 4 heteroatoms. The molecule has 0 aliphatic rings. The lowest BCUT2D eigenvalue weighted by molar-refractivity contribution is 0.614. The predicted octanol–water partition coefficient (Wildman–Crippen LogP) is 2.09. The molecule has 1 aromatic heterocycles. The number of aryl methyl sites for hydroxylation is 1. The highest BCUT2D eigenvalue weighted by atomic mass is 16.1. The van der Waals surface area contributed by atoms with Gasteiger partial charge in [-0.25, -0.2) is 4.98 Å². The Labute approximate surface area is 99.1 Å². The topological polar surface area (TPSA) is 58.7 Å². The van der Waals surface area contributed by atoms with Gasteiger partial charge in [0.2, 0.25) is 0 Å². The third kappa shape index (κ3) is 2.51. The Balaban J connectivity index is 2.29. The summed E-state index contributed by atoms with van der Waals surface area (Å²) in [5.74, 6) is 0. The van der Waals surface area contributed by atoms with Crippen LogP contribution in [0.4, 0.5) is 0 Å². The quantitative estimate of drug-likeness (QED) is 0.751. The summed E-state index contributed by atoms with van der Waals surface area (Å²) in [6.07, 6.45) is 3.55. The highest BCUT2D eigenvalue weighted by molar-refractivity contribution is 5.74. The zero-order chi connectivity index (χ0) is 12.1. The average molecular weight is 227 g/mol. The molecule has 0 aliphatic carbocycles. The first-order valence-corrected chi connectivity index (χ1v) is 5.64. The van der Waals surface area contributed by atoms with E-state index < -0.39 is 0 Å². The van der Waals surface area contributed by atoms with E-state index in [2.05, 4.69) is 11.1 Å². The zero-order valence-electron chi connectivity index (χ0n) is 9.47. The molecule has 0 atom stereocenters. The van der Waals surface area contributed by atoms with Crippen LogP contribution in [0.3, 0.4) is 0 Å². The van der Waals surface area contributed by atoms with Crippen LogP contribution in [0, 0.1) is 11.3 Å². The van der Waals surface area contributed by atoms with E-state index in [1.54, 1.807) is 4.57 Å². The van der Waals surface area contributed by atoms with Crippen LogP contribution in [0.15, 0.2) is 35.3 Å². The van der Waals surface area contributed by atoms with Crippen molar-refractivity contribution in [1.29, 1.82) is 5.26 Å². The maximum Gasteiger partial charge on any atom is 0.269 e. The number of hydrogen-bond acceptors (Lipinski definition) is 3. The molecule has 86 valence electrons. The summed E-state index contributed by atoms with van der Waals surface area (Å²) in [4.78, 5) is 15.8. The Kier molecular flexibility index (Phi) is 3.51. The van der Waals surface area contributed by atoms with Crippen LogP contribution in [-0.4, -0.2) is 9.55 Å². The van der Waals surface area contributed by atoms with E-state index in [-0.39, 0.29) is 5.56 Å². The lowest BCUT2D eigenvalue weighted by Crippen LogP contribution is -2.20. The number of fused-ring (bicyclic) bond motifs is 1. The SMILES string of the molecule is N#CCCCCn1c(=O)cnc2ccccc21. The number of aromatic nitrogens is 2. The molecule has 0 N–H and O–H groups in total. The van der Waals surface area contributed by atoms with E-state index in [1.165, 1.54) is 6.20 Å². The lowest BCUT2D eigenvalue weighted by atomic mass is 10.2. The molecular formula is C13H13N3O. The third-order valence-electron chi connectivity index (χ3n) is 2.67. The first-order valence-electron chi connectivity index (χ1n) is 5.64. The van der Waals surface area contributed by atoms with Gasteiger partial charge >= 0.3 is 0 Å². The number of hydrogen-bond donors (Lipinski definition) is 0. The first kappa shape index (κ1) is 11.3. The highest BCUT2D eigenvalue weighted by Crippen LogP contribution is 2.09. The molecule has 1 heterocycles. The summed E-state index contributed by atoms with van der Waals surface area (Å²) in [5, 5.41) is 8.46. The fourth-order valence-electron chi connectivity index (χ4n) is 1.82. The Hall–Kier alpha value is -2.15. The Bertz CT molecular complexity index is 610. The van der Waals surface area contributed by atoms with Crippen molar-refractivity contribution in [1.82, 2.24) is 9.55 Å². The molecule has 0 saturated carbocycles. The fraction of sp³-hybridized carbons (Fsp3) is 0.308. The van der Waals surface area contributed by atoms with E-state index in [0.29, 0.717) is 13.0 Å². The number of nitriles is 1. The van der Waals surface area contributed by atoms with Crippen LogP contribution >= 0.6 is 0 Å². The summed E-state index contributed by atoms with van der Waals surface area (Å²) in [6.45, 7) is 0.642. The van der Waals surface area contributed by atoms with Crippen molar-refractivity contribution < 1.29 is 0 Å². The van der Waals surface area contributed by atoms with Crippen molar-refractivity contribution in [2.75, 3.05) is 0 Å². The molecule has 0 spiro atoms. The number of para-hydroxylation sites is 2. The van der Waals surface area contributed by atoms with Gasteiger partial charge in [0.1, 0.15) is 0 Å². The molecule has 0 fully saturated rings. The zero-order valence-corrected chi connectivity index (χ0v) is 9.47. The van der Waals surface area contributed by atoms with Gasteiger partial charge in [0, 0.05) is 13.0 Å². The van der Waals surface area contributed by atoms with E-state index in [9.17, 15) is 4.79 Å². The van der Waals surface area contributed by atoms with Crippen LogP contribution in [0.2, 0.25) is 0 Å². The maximum absolute atomic E-state index is 11.7. The second-order valence-corrected chi connectivity index (χ2v) is 3.85. The summed E-state index contributed by atoms with van der Waals surface area (Å²) in [5.41, 5.74) is 1.60. The first-order chi connectivity index (χ1) is 8.33. The Morgan fingerprint density at radius 3 is 2.94 bits per heavy atom. The van der Waals surface area contributed by atoms with Gasteiger partial charge in [-0.05, 0) is 25.0 Å². The number of benzene rings is 1. The molecule has 2 rings (SSSR count). The Morgan fingerprint density at radius 1 is 1.29 bits per heavy atom. The molecule has 2 aromatic rings. The molecule has 17 heavy (non-hydrogen) atoms. The van der Waals surface area contributed by atoms with Crippen LogP contribution in [0.25, 0.3) is 11.0 Å². The number of rotatable bonds is 4. The van der Waals surface area contributed by atoms with Crippen molar-refractivity contribution in [3.05, 3.63) is 40.8 Å². The minimum atomic E-state index is -0.0827. The van der Waals surface area contributed by atoms with Crippen molar-refractivity contribution in [3.8, 4) is 6.07 Å². The van der Waals surface area contributed by atoms with Gasteiger partial charge in [0.25, 0.3) is 5.56 Å². The van der Waals surface area contributed by atoms with Gasteiger partial charge in [-0.15, -0.1) is 0 Å². The van der Waals surface area contributed by atoms with Gasteiger partial charge in [-0.2, -0.15) is 5.26 Å². The molecular weight excluding hydrogens is 214 g/mol. The summed E-state index contributed by atoms with van der Waals surface area (Å²) in [6, 6.07) is 9.69. The molecule has 0 bridgehead atoms. The standard InChI is InChI=1S/C13H13N3O/c14-8-4-1-5-9-16-12-7-3-2-6-11(12)15-10-13(16)17/h2-3,6-7,10H,1,4-5,9H2. The van der Waals surface area contributed by atoms with Gasteiger partial charge in [0.15, 0.2) is 0 Å². The number of nitrogens with zero attached hydrogens (tertiary/aromatic N) is 3. The van der Waals surface area contributed by atoms with Gasteiger partial charge < -0.3 is 4.57 Å². The van der Waals surface area contributed by atoms with E-state index in [0.717, 1.165) is 23.9 Å². The van der Waals surface area contributed by atoms with Crippen LogP contribution in [0.1, 0.15) is 19.3 Å². The number of unbranched alkanes of at least 4 members (excludes halogenated alkanes) is 2. The Morgan fingerprint density at radius 2 is 2.12 bits per heavy atom. The van der Waals surface area contributed by atoms with Crippen molar-refractivity contribution in [2.24, 2.45) is 0 Å². The average Bonchev–Trinajstić information content (AvgIpc) is 2.37. The third-order valence-corrected chi connectivity index (χ3v) is 2.67. The molecule has 0 saturated heterocycles. The monoisotopic (exact) mass is 227 g/mol. The molecule has 0 radical (unpaired) electrons. The van der Waals surface area contributed by atoms with Crippen molar-refractivity contribution in [2.45, 2.75) is 25.8 Å². The smallest absolute Gasteiger partial charge is 0.269 e. The maximum atomic E-state index is 11.7. The van der Waals surface area contributed by atoms with Crippen LogP contribution < -0.4 is 5.56 Å².